The number of aryl methyl sites for hydroxylation is 1. The van der Waals surface area contributed by atoms with Crippen LogP contribution in [0.1, 0.15) is 21.7 Å². The summed E-state index contributed by atoms with van der Waals surface area (Å²) in [5.41, 5.74) is 2.49. The van der Waals surface area contributed by atoms with E-state index < -0.39 is 5.97 Å². The molecular formula is C16H12Cl2N2O2. The van der Waals surface area contributed by atoms with E-state index in [9.17, 15) is 4.79 Å². The summed E-state index contributed by atoms with van der Waals surface area (Å²) in [7, 11) is 0. The van der Waals surface area contributed by atoms with Crippen molar-refractivity contribution in [2.45, 2.75) is 13.5 Å². The molecule has 0 unspecified atom stereocenters. The van der Waals surface area contributed by atoms with Crippen LogP contribution in [0.25, 0.3) is 11.0 Å². The fraction of sp³-hybridized carbons (Fsp3) is 0.125. The lowest BCUT2D eigenvalue weighted by Gasteiger charge is -2.10. The van der Waals surface area contributed by atoms with Crippen LogP contribution in [0.15, 0.2) is 36.4 Å². The van der Waals surface area contributed by atoms with Crippen LogP contribution in [-0.2, 0) is 6.54 Å². The van der Waals surface area contributed by atoms with Gasteiger partial charge in [0.15, 0.2) is 0 Å². The lowest BCUT2D eigenvalue weighted by atomic mass is 10.2. The van der Waals surface area contributed by atoms with Gasteiger partial charge < -0.3 is 9.67 Å². The van der Waals surface area contributed by atoms with E-state index in [4.69, 9.17) is 28.3 Å². The Kier molecular flexibility index (Phi) is 3.81. The van der Waals surface area contributed by atoms with Crippen molar-refractivity contribution in [3.63, 3.8) is 0 Å². The Morgan fingerprint density at radius 3 is 2.55 bits per heavy atom. The van der Waals surface area contributed by atoms with Gasteiger partial charge in [-0.25, -0.2) is 9.78 Å². The number of halogens is 2. The first-order valence-corrected chi connectivity index (χ1v) is 7.36. The van der Waals surface area contributed by atoms with Crippen LogP contribution in [0.3, 0.4) is 0 Å². The Labute approximate surface area is 136 Å². The Hall–Kier alpha value is -2.04. The van der Waals surface area contributed by atoms with Gasteiger partial charge in [0.25, 0.3) is 0 Å². The number of benzene rings is 2. The van der Waals surface area contributed by atoms with Gasteiger partial charge in [0.1, 0.15) is 5.82 Å². The Balaban J connectivity index is 2.16. The van der Waals surface area contributed by atoms with Crippen molar-refractivity contribution in [1.29, 1.82) is 0 Å². The van der Waals surface area contributed by atoms with Crippen LogP contribution in [0.5, 0.6) is 0 Å². The molecule has 0 saturated heterocycles. The lowest BCUT2D eigenvalue weighted by molar-refractivity contribution is 0.0697. The second kappa shape index (κ2) is 5.63. The number of hydrogen-bond donors (Lipinski definition) is 1. The average Bonchev–Trinajstić information content (AvgIpc) is 2.78. The number of rotatable bonds is 3. The molecule has 3 rings (SSSR count). The molecule has 0 aliphatic carbocycles. The highest BCUT2D eigenvalue weighted by atomic mass is 35.5. The van der Waals surface area contributed by atoms with E-state index in [0.717, 1.165) is 22.4 Å². The Morgan fingerprint density at radius 1 is 1.23 bits per heavy atom. The first-order chi connectivity index (χ1) is 10.5. The number of carboxylic acids is 1. The van der Waals surface area contributed by atoms with E-state index in [1.165, 1.54) is 0 Å². The van der Waals surface area contributed by atoms with Gasteiger partial charge >= 0.3 is 5.97 Å². The number of carbonyl (C=O) groups is 1. The van der Waals surface area contributed by atoms with Gasteiger partial charge in [0, 0.05) is 15.6 Å². The molecule has 22 heavy (non-hydrogen) atoms. The molecule has 4 nitrogen and oxygen atoms in total. The van der Waals surface area contributed by atoms with E-state index in [-0.39, 0.29) is 5.56 Å². The van der Waals surface area contributed by atoms with Gasteiger partial charge in [-0.15, -0.1) is 0 Å². The van der Waals surface area contributed by atoms with Gasteiger partial charge in [-0.1, -0.05) is 29.3 Å². The maximum atomic E-state index is 11.2. The number of aromatic nitrogens is 2. The second-order valence-corrected chi connectivity index (χ2v) is 5.77. The molecule has 0 fully saturated rings. The standard InChI is InChI=1S/C16H12Cl2N2O2/c1-9-19-14-6-5-10(16(21)22)7-15(14)20(9)8-11-12(17)3-2-4-13(11)18/h2-7H,8H2,1H3,(H,21,22). The molecule has 0 amide bonds. The summed E-state index contributed by atoms with van der Waals surface area (Å²) in [6.07, 6.45) is 0. The Bertz CT molecular complexity index is 867. The number of carboxylic acid groups (broad SMARTS) is 1. The number of aromatic carboxylic acids is 1. The summed E-state index contributed by atoms with van der Waals surface area (Å²) in [4.78, 5) is 15.6. The zero-order chi connectivity index (χ0) is 15.9. The topological polar surface area (TPSA) is 55.1 Å². The van der Waals surface area contributed by atoms with E-state index in [1.54, 1.807) is 36.4 Å². The largest absolute Gasteiger partial charge is 0.478 e. The molecule has 0 saturated carbocycles. The smallest absolute Gasteiger partial charge is 0.335 e. The molecule has 2 aromatic carbocycles. The zero-order valence-corrected chi connectivity index (χ0v) is 13.2. The molecule has 1 aromatic heterocycles. The normalized spacial score (nSPS) is 11.0. The Morgan fingerprint density at radius 2 is 1.91 bits per heavy atom. The minimum Gasteiger partial charge on any atom is -0.478 e. The minimum atomic E-state index is -0.969. The second-order valence-electron chi connectivity index (χ2n) is 4.95. The molecule has 0 aliphatic heterocycles. The fourth-order valence-electron chi connectivity index (χ4n) is 2.42. The quantitative estimate of drug-likeness (QED) is 0.772. The number of imidazole rings is 1. The third kappa shape index (κ3) is 2.56. The molecule has 1 N–H and O–H groups in total. The summed E-state index contributed by atoms with van der Waals surface area (Å²) in [5.74, 6) is -0.198. The summed E-state index contributed by atoms with van der Waals surface area (Å²) in [6, 6.07) is 10.2. The predicted molar refractivity (Wildman–Crippen MR) is 87.0 cm³/mol. The van der Waals surface area contributed by atoms with Gasteiger partial charge in [-0.3, -0.25) is 0 Å². The average molecular weight is 335 g/mol. The maximum Gasteiger partial charge on any atom is 0.335 e. The third-order valence-corrected chi connectivity index (χ3v) is 4.27. The molecule has 112 valence electrons. The highest BCUT2D eigenvalue weighted by Gasteiger charge is 2.14. The highest BCUT2D eigenvalue weighted by Crippen LogP contribution is 2.27. The zero-order valence-electron chi connectivity index (χ0n) is 11.7. The minimum absolute atomic E-state index is 0.221. The molecule has 0 aliphatic rings. The third-order valence-electron chi connectivity index (χ3n) is 3.56. The van der Waals surface area contributed by atoms with Gasteiger partial charge in [0.05, 0.1) is 23.1 Å². The monoisotopic (exact) mass is 334 g/mol. The predicted octanol–water partition coefficient (Wildman–Crippen LogP) is 4.40. The van der Waals surface area contributed by atoms with E-state index in [2.05, 4.69) is 4.98 Å². The van der Waals surface area contributed by atoms with Crippen LogP contribution in [-0.4, -0.2) is 20.6 Å². The number of nitrogens with zero attached hydrogens (tertiary/aromatic N) is 2. The van der Waals surface area contributed by atoms with Crippen LogP contribution in [0.2, 0.25) is 10.0 Å². The van der Waals surface area contributed by atoms with Crippen molar-refractivity contribution in [2.75, 3.05) is 0 Å². The van der Waals surface area contributed by atoms with Crippen molar-refractivity contribution in [3.8, 4) is 0 Å². The van der Waals surface area contributed by atoms with E-state index in [0.29, 0.717) is 16.6 Å². The SMILES string of the molecule is Cc1nc2ccc(C(=O)O)cc2n1Cc1c(Cl)cccc1Cl. The van der Waals surface area contributed by atoms with Crippen molar-refractivity contribution >= 4 is 40.2 Å². The summed E-state index contributed by atoms with van der Waals surface area (Å²) < 4.78 is 1.91. The van der Waals surface area contributed by atoms with Crippen LogP contribution < -0.4 is 0 Å². The lowest BCUT2D eigenvalue weighted by Crippen LogP contribution is -2.04. The molecule has 0 bridgehead atoms. The first kappa shape index (κ1) is 14.9. The number of fused-ring (bicyclic) bond motifs is 1. The molecule has 0 spiro atoms. The molecule has 0 radical (unpaired) electrons. The van der Waals surface area contributed by atoms with Crippen molar-refractivity contribution in [2.24, 2.45) is 0 Å². The van der Waals surface area contributed by atoms with Crippen LogP contribution in [0, 0.1) is 6.92 Å². The summed E-state index contributed by atoms with van der Waals surface area (Å²) in [6.45, 7) is 2.30. The van der Waals surface area contributed by atoms with Crippen molar-refractivity contribution in [3.05, 3.63) is 63.4 Å². The van der Waals surface area contributed by atoms with Crippen LogP contribution >= 0.6 is 23.2 Å². The molecule has 0 atom stereocenters. The molecule has 6 heteroatoms. The molecule has 1 heterocycles. The van der Waals surface area contributed by atoms with Gasteiger partial charge in [-0.05, 0) is 37.3 Å². The summed E-state index contributed by atoms with van der Waals surface area (Å²) >= 11 is 12.4. The van der Waals surface area contributed by atoms with Crippen LogP contribution in [0.4, 0.5) is 0 Å². The fourth-order valence-corrected chi connectivity index (χ4v) is 2.93. The number of hydrogen-bond acceptors (Lipinski definition) is 2. The van der Waals surface area contributed by atoms with Crippen molar-refractivity contribution < 1.29 is 9.90 Å². The van der Waals surface area contributed by atoms with Crippen molar-refractivity contribution in [1.82, 2.24) is 9.55 Å². The van der Waals surface area contributed by atoms with Gasteiger partial charge in [0.2, 0.25) is 0 Å². The molecule has 3 aromatic rings. The summed E-state index contributed by atoms with van der Waals surface area (Å²) in [5, 5.41) is 10.3. The van der Waals surface area contributed by atoms with E-state index >= 15 is 0 Å². The first-order valence-electron chi connectivity index (χ1n) is 6.60. The maximum absolute atomic E-state index is 11.2. The van der Waals surface area contributed by atoms with E-state index in [1.807, 2.05) is 11.5 Å². The highest BCUT2D eigenvalue weighted by molar-refractivity contribution is 6.36. The van der Waals surface area contributed by atoms with Gasteiger partial charge in [-0.2, -0.15) is 0 Å². The molecular weight excluding hydrogens is 323 g/mol.